The molecular formula is C13H17N3OS. The first-order valence-corrected chi connectivity index (χ1v) is 7.14. The first-order valence-electron chi connectivity index (χ1n) is 6.36. The monoisotopic (exact) mass is 263 g/mol. The number of nitrogens with one attached hydrogen (secondary N) is 1. The van der Waals surface area contributed by atoms with E-state index in [1.54, 1.807) is 11.5 Å². The summed E-state index contributed by atoms with van der Waals surface area (Å²) < 4.78 is 2.97. The molecule has 0 radical (unpaired) electrons. The third-order valence-corrected chi connectivity index (χ3v) is 4.50. The molecule has 1 aromatic carbocycles. The Morgan fingerprint density at radius 3 is 2.72 bits per heavy atom. The number of aromatic nitrogens is 1. The maximum atomic E-state index is 12.1. The van der Waals surface area contributed by atoms with Crippen molar-refractivity contribution >= 4 is 21.6 Å². The summed E-state index contributed by atoms with van der Waals surface area (Å²) in [5, 5.41) is 4.19. The molecule has 3 rings (SSSR count). The molecule has 0 bridgehead atoms. The van der Waals surface area contributed by atoms with E-state index in [2.05, 4.69) is 10.2 Å². The number of fused-ring (bicyclic) bond motifs is 1. The molecule has 0 saturated carbocycles. The summed E-state index contributed by atoms with van der Waals surface area (Å²) in [5.74, 6) is 0. The van der Waals surface area contributed by atoms with Crippen molar-refractivity contribution in [2.75, 3.05) is 32.7 Å². The molecule has 2 aromatic rings. The molecule has 1 saturated heterocycles. The van der Waals surface area contributed by atoms with Crippen LogP contribution in [0.15, 0.2) is 29.1 Å². The fourth-order valence-corrected chi connectivity index (χ4v) is 3.32. The van der Waals surface area contributed by atoms with Gasteiger partial charge in [-0.2, -0.15) is 0 Å². The van der Waals surface area contributed by atoms with Crippen LogP contribution in [0.4, 0.5) is 0 Å². The first-order chi connectivity index (χ1) is 8.84. The largest absolute Gasteiger partial charge is 0.314 e. The molecule has 96 valence electrons. The minimum atomic E-state index is 0.158. The van der Waals surface area contributed by atoms with Gasteiger partial charge < -0.3 is 5.32 Å². The zero-order valence-corrected chi connectivity index (χ0v) is 11.1. The van der Waals surface area contributed by atoms with Crippen LogP contribution in [0.5, 0.6) is 0 Å². The van der Waals surface area contributed by atoms with Gasteiger partial charge in [-0.3, -0.25) is 13.7 Å². The van der Waals surface area contributed by atoms with Crippen molar-refractivity contribution in [2.45, 2.75) is 6.54 Å². The molecular weight excluding hydrogens is 246 g/mol. The van der Waals surface area contributed by atoms with Crippen LogP contribution in [-0.4, -0.2) is 41.6 Å². The molecule has 0 unspecified atom stereocenters. The minimum absolute atomic E-state index is 0.158. The van der Waals surface area contributed by atoms with E-state index >= 15 is 0 Å². The van der Waals surface area contributed by atoms with Crippen LogP contribution in [0.1, 0.15) is 0 Å². The van der Waals surface area contributed by atoms with Gasteiger partial charge in [-0.05, 0) is 12.1 Å². The molecule has 1 fully saturated rings. The van der Waals surface area contributed by atoms with Crippen LogP contribution >= 0.6 is 11.5 Å². The number of nitrogens with zero attached hydrogens (tertiary/aromatic N) is 2. The zero-order valence-electron chi connectivity index (χ0n) is 10.3. The predicted molar refractivity (Wildman–Crippen MR) is 75.4 cm³/mol. The van der Waals surface area contributed by atoms with Gasteiger partial charge in [0.1, 0.15) is 0 Å². The Bertz CT molecular complexity index is 583. The molecule has 1 aromatic heterocycles. The summed E-state index contributed by atoms with van der Waals surface area (Å²) in [7, 11) is 0. The molecule has 1 aliphatic rings. The van der Waals surface area contributed by atoms with Crippen molar-refractivity contribution < 1.29 is 0 Å². The minimum Gasteiger partial charge on any atom is -0.314 e. The molecule has 4 nitrogen and oxygen atoms in total. The van der Waals surface area contributed by atoms with Crippen LogP contribution < -0.4 is 10.9 Å². The van der Waals surface area contributed by atoms with Gasteiger partial charge in [0, 0.05) is 39.3 Å². The normalized spacial score (nSPS) is 17.3. The van der Waals surface area contributed by atoms with E-state index in [4.69, 9.17) is 0 Å². The lowest BCUT2D eigenvalue weighted by atomic mass is 10.3. The van der Waals surface area contributed by atoms with Gasteiger partial charge in [-0.15, -0.1) is 0 Å². The lowest BCUT2D eigenvalue weighted by Crippen LogP contribution is -2.44. The molecule has 0 spiro atoms. The smallest absolute Gasteiger partial charge is 0.268 e. The quantitative estimate of drug-likeness (QED) is 0.896. The Morgan fingerprint density at radius 2 is 1.94 bits per heavy atom. The summed E-state index contributed by atoms with van der Waals surface area (Å²) in [6.45, 7) is 6.05. The number of piperazine rings is 1. The highest BCUT2D eigenvalue weighted by Crippen LogP contribution is 2.15. The van der Waals surface area contributed by atoms with Gasteiger partial charge in [0.25, 0.3) is 5.56 Å². The van der Waals surface area contributed by atoms with E-state index in [-0.39, 0.29) is 5.56 Å². The Labute approximate surface area is 110 Å². The molecule has 0 atom stereocenters. The third kappa shape index (κ3) is 2.34. The second kappa shape index (κ2) is 5.22. The Hall–Kier alpha value is -1.17. The fourth-order valence-electron chi connectivity index (χ4n) is 2.33. The zero-order chi connectivity index (χ0) is 12.4. The van der Waals surface area contributed by atoms with Crippen molar-refractivity contribution in [1.29, 1.82) is 0 Å². The van der Waals surface area contributed by atoms with Crippen molar-refractivity contribution in [3.63, 3.8) is 0 Å². The average Bonchev–Trinajstić information content (AvgIpc) is 2.75. The van der Waals surface area contributed by atoms with Crippen molar-refractivity contribution in [2.24, 2.45) is 0 Å². The number of rotatable bonds is 3. The van der Waals surface area contributed by atoms with Gasteiger partial charge in [-0.25, -0.2) is 0 Å². The maximum Gasteiger partial charge on any atom is 0.268 e. The van der Waals surface area contributed by atoms with Crippen LogP contribution in [-0.2, 0) is 6.54 Å². The molecule has 1 N–H and O–H groups in total. The number of benzene rings is 1. The van der Waals surface area contributed by atoms with Crippen LogP contribution in [0.25, 0.3) is 10.1 Å². The fraction of sp³-hybridized carbons (Fsp3) is 0.462. The Morgan fingerprint density at radius 1 is 1.17 bits per heavy atom. The van der Waals surface area contributed by atoms with E-state index < -0.39 is 0 Å². The highest BCUT2D eigenvalue weighted by atomic mass is 32.1. The summed E-state index contributed by atoms with van der Waals surface area (Å²) in [6.07, 6.45) is 0. The molecule has 0 amide bonds. The van der Waals surface area contributed by atoms with Crippen molar-refractivity contribution in [3.05, 3.63) is 34.6 Å². The van der Waals surface area contributed by atoms with Gasteiger partial charge in [0.05, 0.1) is 10.1 Å². The van der Waals surface area contributed by atoms with Gasteiger partial charge in [-0.1, -0.05) is 23.7 Å². The predicted octanol–water partition coefficient (Wildman–Crippen LogP) is 0.968. The third-order valence-electron chi connectivity index (χ3n) is 3.38. The lowest BCUT2D eigenvalue weighted by Gasteiger charge is -2.26. The lowest BCUT2D eigenvalue weighted by molar-refractivity contribution is 0.234. The first kappa shape index (κ1) is 11.9. The highest BCUT2D eigenvalue weighted by molar-refractivity contribution is 7.13. The second-order valence-electron chi connectivity index (χ2n) is 4.59. The summed E-state index contributed by atoms with van der Waals surface area (Å²) in [6, 6.07) is 7.84. The topological polar surface area (TPSA) is 37.3 Å². The van der Waals surface area contributed by atoms with Crippen LogP contribution in [0, 0.1) is 0 Å². The van der Waals surface area contributed by atoms with Crippen molar-refractivity contribution in [3.8, 4) is 0 Å². The molecule has 2 heterocycles. The molecule has 1 aliphatic heterocycles. The summed E-state index contributed by atoms with van der Waals surface area (Å²) in [4.78, 5) is 14.6. The second-order valence-corrected chi connectivity index (χ2v) is 5.65. The number of hydrogen-bond donors (Lipinski definition) is 1. The van der Waals surface area contributed by atoms with E-state index in [0.29, 0.717) is 0 Å². The van der Waals surface area contributed by atoms with Crippen LogP contribution in [0.3, 0.4) is 0 Å². The van der Waals surface area contributed by atoms with Crippen molar-refractivity contribution in [1.82, 2.24) is 14.2 Å². The van der Waals surface area contributed by atoms with Gasteiger partial charge in [0.2, 0.25) is 0 Å². The summed E-state index contributed by atoms with van der Waals surface area (Å²) in [5.41, 5.74) is 0.158. The van der Waals surface area contributed by atoms with Gasteiger partial charge >= 0.3 is 0 Å². The van der Waals surface area contributed by atoms with Gasteiger partial charge in [0.15, 0.2) is 0 Å². The molecule has 18 heavy (non-hydrogen) atoms. The standard InChI is InChI=1S/C13H17N3OS/c17-13-11-3-1-2-4-12(11)18-16(13)10-9-15-7-5-14-6-8-15/h1-4,14H,5-10H2. The van der Waals surface area contributed by atoms with Crippen LogP contribution in [0.2, 0.25) is 0 Å². The van der Waals surface area contributed by atoms with E-state index in [1.165, 1.54) is 0 Å². The summed E-state index contributed by atoms with van der Waals surface area (Å²) >= 11 is 1.57. The van der Waals surface area contributed by atoms with E-state index in [1.807, 2.05) is 28.2 Å². The Kier molecular flexibility index (Phi) is 3.45. The number of hydrogen-bond acceptors (Lipinski definition) is 4. The van der Waals surface area contributed by atoms with E-state index in [0.717, 1.165) is 49.4 Å². The molecule has 0 aliphatic carbocycles. The highest BCUT2D eigenvalue weighted by Gasteiger charge is 2.11. The SMILES string of the molecule is O=c1c2ccccc2sn1CCN1CCNCC1. The molecule has 5 heteroatoms. The maximum absolute atomic E-state index is 12.1. The van der Waals surface area contributed by atoms with E-state index in [9.17, 15) is 4.79 Å². The Balaban J connectivity index is 1.74. The average molecular weight is 263 g/mol.